The highest BCUT2D eigenvalue weighted by atomic mass is 35.6. The zero-order chi connectivity index (χ0) is 96.3. The first-order valence-electron chi connectivity index (χ1n) is 41.2. The van der Waals surface area contributed by atoms with Crippen LogP contribution in [0.1, 0.15) is 76.1 Å². The summed E-state index contributed by atoms with van der Waals surface area (Å²) in [5.41, 5.74) is 0.0240. The van der Waals surface area contributed by atoms with Crippen molar-refractivity contribution in [3.05, 3.63) is 35.4 Å². The van der Waals surface area contributed by atoms with Gasteiger partial charge in [-0.3, -0.25) is 58.3 Å². The quantitative estimate of drug-likeness (QED) is 0.0232. The number of amides is 2. The lowest BCUT2D eigenvalue weighted by molar-refractivity contribution is -0.402. The van der Waals surface area contributed by atoms with Crippen LogP contribution >= 0.6 is 34.8 Å². The minimum atomic E-state index is -2.33. The van der Waals surface area contributed by atoms with Crippen LogP contribution in [-0.2, 0) is 204 Å². The third kappa shape index (κ3) is 26.4. The predicted octanol–water partition coefficient (Wildman–Crippen LogP) is 0.469. The summed E-state index contributed by atoms with van der Waals surface area (Å²) < 4.78 is 216. The van der Waals surface area contributed by atoms with Crippen molar-refractivity contribution in [3.63, 3.8) is 0 Å². The van der Waals surface area contributed by atoms with Crippen LogP contribution in [0.5, 0.6) is 0 Å². The van der Waals surface area contributed by atoms with Gasteiger partial charge in [0.1, 0.15) is 160 Å². The van der Waals surface area contributed by atoms with Crippen LogP contribution in [0, 0.1) is 5.41 Å². The normalized spacial score (nSPS) is 36.7. The summed E-state index contributed by atoms with van der Waals surface area (Å²) in [6.07, 6.45) is -52.3. The van der Waals surface area contributed by atoms with Gasteiger partial charge in [0, 0.05) is 148 Å². The Hall–Kier alpha value is -6.58. The predicted molar refractivity (Wildman–Crippen MR) is 432 cm³/mol. The Balaban J connectivity index is 1.03. The van der Waals surface area contributed by atoms with Crippen molar-refractivity contribution in [3.8, 4) is 0 Å². The Morgan fingerprint density at radius 1 is 0.290 bits per heavy atom. The summed E-state index contributed by atoms with van der Waals surface area (Å²) in [4.78, 5) is 134. The van der Waals surface area contributed by atoms with Crippen LogP contribution in [0.25, 0.3) is 0 Å². The van der Waals surface area contributed by atoms with Gasteiger partial charge in [0.05, 0.1) is 37.5 Å². The van der Waals surface area contributed by atoms with Crippen molar-refractivity contribution < 1.29 is 214 Å². The molecule has 1 aromatic rings. The zero-order valence-electron chi connectivity index (χ0n) is 75.9. The number of rotatable bonds is 42. The van der Waals surface area contributed by atoms with E-state index in [0.29, 0.717) is 0 Å². The van der Waals surface area contributed by atoms with Crippen LogP contribution in [-0.4, -0.2) is 428 Å². The van der Waals surface area contributed by atoms with E-state index in [2.05, 4.69) is 0 Å². The van der Waals surface area contributed by atoms with Crippen LogP contribution in [0.2, 0.25) is 0 Å². The van der Waals surface area contributed by atoms with Gasteiger partial charge in [0.2, 0.25) is 12.2 Å². The Morgan fingerprint density at radius 2 is 0.511 bits per heavy atom. The number of alkyl halides is 3. The number of ether oxygens (including phenoxy) is 35. The molecule has 50 heteroatoms. The SMILES string of the molecule is COCC1O[C@@H](O[C@H]2C(OC)C(OC)[C@@H](O[C@H]3C(OC)C(OC)[C@H](O[C@@H]4C(COC(C)=O)O[C@@H](OC(=N)C(Cl)(Cl)Cl)C(OC)[C@H]4OC)O[C@H]3COC)O[C@H]2COC)C(OC)[C@@H](OC)[C@@H]1O[C@H]1OC(CN2C(=O)c3ccccc3C2=O)[C@@H](O[C@@H]2O[C@@H](COC(C)=O)[C@@H](O[C@H]3O[C@@H](COC(C)=O)[C@@H](OC(C)=O)C(OC(C)=O)C3OC(C)=O)C(OC(C)=O)C2OC(C)=O)[C@H](OC)C1OC. The molecule has 131 heavy (non-hydrogen) atoms. The second-order valence-electron chi connectivity index (χ2n) is 30.8. The number of carbonyl (C=O) groups excluding carboxylic acids is 10. The Kier molecular flexibility index (Phi) is 41.2. The van der Waals surface area contributed by atoms with Gasteiger partial charge in [0.15, 0.2) is 68.3 Å². The average molecular weight is 1950 g/mol. The molecule has 7 saturated heterocycles. The Bertz CT molecular complexity index is 3910. The van der Waals surface area contributed by atoms with E-state index in [1.165, 1.54) is 111 Å². The maximum Gasteiger partial charge on any atom is 0.303 e. The van der Waals surface area contributed by atoms with E-state index in [1.807, 2.05) is 0 Å². The number of hydrogen-bond acceptors (Lipinski definition) is 46. The van der Waals surface area contributed by atoms with Gasteiger partial charge in [-0.25, -0.2) is 0 Å². The van der Waals surface area contributed by atoms with Crippen molar-refractivity contribution >= 4 is 100 Å². The molecule has 0 bridgehead atoms. The van der Waals surface area contributed by atoms with Gasteiger partial charge in [-0.05, 0) is 12.1 Å². The number of imide groups is 1. The smallest absolute Gasteiger partial charge is 0.303 e. The van der Waals surface area contributed by atoms with Gasteiger partial charge < -0.3 is 166 Å². The van der Waals surface area contributed by atoms with E-state index < -0.39 is 311 Å². The highest BCUT2D eigenvalue weighted by molar-refractivity contribution is 6.76. The number of carbonyl (C=O) groups is 10. The van der Waals surface area contributed by atoms with E-state index in [-0.39, 0.29) is 30.9 Å². The van der Waals surface area contributed by atoms with Gasteiger partial charge >= 0.3 is 47.8 Å². The second-order valence-corrected chi connectivity index (χ2v) is 33.0. The molecular weight excluding hydrogens is 1830 g/mol. The molecule has 0 saturated carbocycles. The number of halogens is 3. The molecule has 7 fully saturated rings. The molecule has 1 N–H and O–H groups in total. The summed E-state index contributed by atoms with van der Waals surface area (Å²) in [5, 5.41) is 8.33. The van der Waals surface area contributed by atoms with Gasteiger partial charge in [-0.15, -0.1) is 0 Å². The molecule has 742 valence electrons. The monoisotopic (exact) mass is 1940 g/mol. The van der Waals surface area contributed by atoms with E-state index in [9.17, 15) is 47.9 Å². The summed E-state index contributed by atoms with van der Waals surface area (Å²) in [5.74, 6) is -10.0. The Morgan fingerprint density at radius 3 is 0.779 bits per heavy atom. The molecule has 1 aromatic carbocycles. The first-order valence-corrected chi connectivity index (χ1v) is 42.3. The molecule has 0 aromatic heterocycles. The average Bonchev–Trinajstić information content (AvgIpc) is 1.73. The summed E-state index contributed by atoms with van der Waals surface area (Å²) >= 11 is 18.0. The third-order valence-electron chi connectivity index (χ3n) is 22.2. The molecule has 0 radical (unpaired) electrons. The van der Waals surface area contributed by atoms with Crippen molar-refractivity contribution in [2.75, 3.05) is 139 Å². The first-order chi connectivity index (χ1) is 62.4. The van der Waals surface area contributed by atoms with E-state index in [0.717, 1.165) is 53.4 Å². The van der Waals surface area contributed by atoms with E-state index >= 15 is 0 Å². The van der Waals surface area contributed by atoms with Gasteiger partial charge in [-0.1, -0.05) is 46.9 Å². The van der Waals surface area contributed by atoms with E-state index in [4.69, 9.17) is 206 Å². The largest absolute Gasteiger partial charge is 0.463 e. The first kappa shape index (κ1) is 108. The lowest BCUT2D eigenvalue weighted by Crippen LogP contribution is -2.70. The molecule has 35 atom stereocenters. The molecular formula is C81H117Cl3N2O45. The lowest BCUT2D eigenvalue weighted by Gasteiger charge is -2.52. The highest BCUT2D eigenvalue weighted by Gasteiger charge is 2.64. The topological polar surface area (TPSA) is 521 Å². The highest BCUT2D eigenvalue weighted by Crippen LogP contribution is 2.44. The summed E-state index contributed by atoms with van der Waals surface area (Å²) in [7, 11) is 17.6. The van der Waals surface area contributed by atoms with Crippen LogP contribution in [0.3, 0.4) is 0 Å². The molecule has 2 amide bonds. The standard InChI is InChI=1S/C81H117Cl3N2O45/c1-33(87)110-30-47-54(61(104-16)68(109-21)77(122-47)131-80(85)81(82,83)84)129-76-67(108-20)60(103-15)53(46(121-76)29-99-11)128-75-66(107-19)59(102-14)52(45(120-75)28-98-10)127-74-65(106-18)58(101-13)51(44(119-74)27-97-9)126-73-64(105-17)57(100-12)50(43(118-73)26-86-71(95)41-24-22-23-25-42(41)72(86)96)125-78-70(117-40(8)94)63(115-38(6)92)56(49(124-78)32-112-35(3)89)130-79-69(116-39(7)93)62(114-37(5)91)55(113-36(4)90)48(123-79)31-111-34(2)88/h22-25,43-70,73-79,85H,26-32H2,1-21H3/t43?,44?,45-,46-,47?,48-,49-,50+,51+,52+,53+,54+,55+,56+,57-,58-,59?,60?,61-,62?,63?,64?,65?,66?,67?,68?,69?,70?,73+,74-,75+,76-,77-,78-,79+/m0/s1. The van der Waals surface area contributed by atoms with Gasteiger partial charge in [-0.2, -0.15) is 0 Å². The molecule has 14 unspecified atom stereocenters. The number of benzene rings is 1. The maximum atomic E-state index is 14.6. The number of hydrogen-bond donors (Lipinski definition) is 1. The number of nitrogens with one attached hydrogen (secondary N) is 1. The molecule has 8 heterocycles. The minimum absolute atomic E-state index is 0.0120. The summed E-state index contributed by atoms with van der Waals surface area (Å²) in [6.45, 7) is 4.72. The van der Waals surface area contributed by atoms with Crippen LogP contribution in [0.4, 0.5) is 0 Å². The minimum Gasteiger partial charge on any atom is -0.463 e. The second kappa shape index (κ2) is 50.0. The van der Waals surface area contributed by atoms with Crippen molar-refractivity contribution in [1.29, 1.82) is 5.41 Å². The third-order valence-corrected chi connectivity index (χ3v) is 22.7. The van der Waals surface area contributed by atoms with E-state index in [1.54, 1.807) is 12.1 Å². The molecule has 0 spiro atoms. The maximum absolute atomic E-state index is 14.6. The van der Waals surface area contributed by atoms with Gasteiger partial charge in [0.25, 0.3) is 15.6 Å². The molecule has 8 aliphatic rings. The fraction of sp³-hybridized carbons (Fsp3) is 0.790. The molecule has 9 rings (SSSR count). The van der Waals surface area contributed by atoms with Crippen LogP contribution < -0.4 is 0 Å². The lowest BCUT2D eigenvalue weighted by atomic mass is 9.94. The zero-order valence-corrected chi connectivity index (χ0v) is 78.2. The number of methoxy groups -OCH3 is 13. The molecule has 47 nitrogen and oxygen atoms in total. The summed E-state index contributed by atoms with van der Waals surface area (Å²) in [6, 6.07) is 5.97. The van der Waals surface area contributed by atoms with Crippen molar-refractivity contribution in [2.45, 2.75) is 274 Å². The number of nitrogens with zero attached hydrogens (tertiary/aromatic N) is 1. The van der Waals surface area contributed by atoms with Crippen LogP contribution in [0.15, 0.2) is 24.3 Å². The fourth-order valence-electron chi connectivity index (χ4n) is 16.8. The number of esters is 8. The van der Waals surface area contributed by atoms with Crippen molar-refractivity contribution in [2.24, 2.45) is 0 Å². The van der Waals surface area contributed by atoms with Crippen molar-refractivity contribution in [1.82, 2.24) is 4.90 Å². The molecule has 8 aliphatic heterocycles. The molecule has 0 aliphatic carbocycles. The fourth-order valence-corrected chi connectivity index (χ4v) is 17.0. The number of fused-ring (bicyclic) bond motifs is 1. The Labute approximate surface area is 769 Å².